The van der Waals surface area contributed by atoms with E-state index in [9.17, 15) is 0 Å². The summed E-state index contributed by atoms with van der Waals surface area (Å²) < 4.78 is 35.4. The maximum Gasteiger partial charge on any atom is 0.500 e. The molecule has 0 aromatic rings. The Balaban J connectivity index is 4.60. The maximum absolute atomic E-state index is 5.95. The summed E-state index contributed by atoms with van der Waals surface area (Å²) in [6.07, 6.45) is 6.81. The van der Waals surface area contributed by atoms with Crippen LogP contribution in [0.4, 0.5) is 0 Å². The predicted octanol–water partition coefficient (Wildman–Crippen LogP) is 2.47. The zero-order valence-corrected chi connectivity index (χ0v) is 25.6. The Bertz CT molecular complexity index is 409. The Morgan fingerprint density at radius 1 is 0.812 bits per heavy atom. The first-order chi connectivity index (χ1) is 15.4. The van der Waals surface area contributed by atoms with Crippen molar-refractivity contribution in [3.63, 3.8) is 0 Å². The number of unbranched alkanes of at least 4 members (excludes halogenated alkanes) is 2. The molecular weight excluding hydrogens is 460 g/mol. The van der Waals surface area contributed by atoms with Crippen LogP contribution in [0.1, 0.15) is 52.9 Å². The highest BCUT2D eigenvalue weighted by Crippen LogP contribution is 2.28. The summed E-state index contributed by atoms with van der Waals surface area (Å²) in [5, 5.41) is 4.07. The number of hydrogen-bond donors (Lipinski definition) is 1. The summed E-state index contributed by atoms with van der Waals surface area (Å²) in [6, 6.07) is 0.847. The van der Waals surface area contributed by atoms with Gasteiger partial charge in [0, 0.05) is 61.9 Å². The standard InChI is InChI=1S/C21H52N2O6Si3/c1-9-27-31(28-10-2,29-11-3)19-15-17-22-20-30-21(32(24-6,25-7)26-8)16-13-12-14-18-23(4)5/h21-22H,9-20,30H2,1-8H3. The highest BCUT2D eigenvalue weighted by molar-refractivity contribution is 6.73. The van der Waals surface area contributed by atoms with E-state index in [1.807, 2.05) is 20.8 Å². The quantitative estimate of drug-likeness (QED) is 0.165. The van der Waals surface area contributed by atoms with Gasteiger partial charge in [0.1, 0.15) is 0 Å². The molecule has 0 amide bonds. The fourth-order valence-electron chi connectivity index (χ4n) is 4.08. The van der Waals surface area contributed by atoms with E-state index in [1.165, 1.54) is 19.3 Å². The molecule has 32 heavy (non-hydrogen) atoms. The van der Waals surface area contributed by atoms with Gasteiger partial charge in [0.05, 0.1) is 0 Å². The molecule has 0 saturated carbocycles. The SMILES string of the molecule is CCO[Si](CCCNC[SiH2]C(CCCCCN(C)C)[Si](OC)(OC)OC)(OCC)OCC. The molecule has 0 aromatic heterocycles. The van der Waals surface area contributed by atoms with Crippen LogP contribution in [0.5, 0.6) is 0 Å². The second kappa shape index (κ2) is 19.6. The lowest BCUT2D eigenvalue weighted by atomic mass is 10.2. The lowest BCUT2D eigenvalue weighted by molar-refractivity contribution is 0.0708. The van der Waals surface area contributed by atoms with Crippen LogP contribution in [0, 0.1) is 0 Å². The van der Waals surface area contributed by atoms with Gasteiger partial charge in [-0.05, 0) is 73.4 Å². The molecule has 0 bridgehead atoms. The van der Waals surface area contributed by atoms with E-state index in [-0.39, 0.29) is 0 Å². The Morgan fingerprint density at radius 3 is 1.84 bits per heavy atom. The summed E-state index contributed by atoms with van der Waals surface area (Å²) >= 11 is 0. The topological polar surface area (TPSA) is 70.7 Å². The largest absolute Gasteiger partial charge is 0.500 e. The third-order valence-corrected chi connectivity index (χ3v) is 15.9. The van der Waals surface area contributed by atoms with Gasteiger partial charge in [-0.15, -0.1) is 0 Å². The van der Waals surface area contributed by atoms with E-state index in [2.05, 4.69) is 24.3 Å². The Kier molecular flexibility index (Phi) is 19.8. The molecule has 0 rings (SSSR count). The molecule has 0 aliphatic rings. The molecule has 0 saturated heterocycles. The minimum atomic E-state index is -2.60. The lowest BCUT2D eigenvalue weighted by Gasteiger charge is -2.32. The van der Waals surface area contributed by atoms with Crippen molar-refractivity contribution in [3.05, 3.63) is 0 Å². The van der Waals surface area contributed by atoms with Crippen LogP contribution in [0.15, 0.2) is 0 Å². The van der Waals surface area contributed by atoms with Crippen LogP contribution in [0.2, 0.25) is 11.2 Å². The van der Waals surface area contributed by atoms with Gasteiger partial charge >= 0.3 is 17.6 Å². The molecule has 0 aliphatic carbocycles. The average Bonchev–Trinajstić information content (AvgIpc) is 2.77. The van der Waals surface area contributed by atoms with Crippen LogP contribution < -0.4 is 5.32 Å². The van der Waals surface area contributed by atoms with Gasteiger partial charge in [0.25, 0.3) is 0 Å². The normalized spacial score (nSPS) is 14.2. The molecule has 0 aromatic carbocycles. The Morgan fingerprint density at radius 2 is 1.38 bits per heavy atom. The summed E-state index contributed by atoms with van der Waals surface area (Å²) in [5.41, 5.74) is 0. The van der Waals surface area contributed by atoms with Crippen molar-refractivity contribution < 1.29 is 26.6 Å². The number of nitrogens with one attached hydrogen (secondary N) is 1. The zero-order valence-electron chi connectivity index (χ0n) is 22.2. The monoisotopic (exact) mass is 512 g/mol. The van der Waals surface area contributed by atoms with Crippen molar-refractivity contribution in [1.82, 2.24) is 10.2 Å². The summed E-state index contributed by atoms with van der Waals surface area (Å²) in [7, 11) is 3.85. The van der Waals surface area contributed by atoms with Crippen LogP contribution in [-0.2, 0) is 26.6 Å². The van der Waals surface area contributed by atoms with E-state index in [0.717, 1.165) is 38.1 Å². The first-order valence-electron chi connectivity index (χ1n) is 12.3. The van der Waals surface area contributed by atoms with Crippen LogP contribution in [0.25, 0.3) is 0 Å². The number of rotatable bonds is 23. The van der Waals surface area contributed by atoms with E-state index in [4.69, 9.17) is 26.6 Å². The van der Waals surface area contributed by atoms with Crippen molar-refractivity contribution in [1.29, 1.82) is 0 Å². The fourth-order valence-corrected chi connectivity index (χ4v) is 13.5. The molecular formula is C21H52N2O6Si3. The van der Waals surface area contributed by atoms with Gasteiger partial charge in [0.2, 0.25) is 0 Å². The molecule has 0 heterocycles. The van der Waals surface area contributed by atoms with Crippen molar-refractivity contribution in [2.45, 2.75) is 64.1 Å². The predicted molar refractivity (Wildman–Crippen MR) is 139 cm³/mol. The second-order valence-electron chi connectivity index (χ2n) is 8.19. The minimum Gasteiger partial charge on any atom is -0.377 e. The van der Waals surface area contributed by atoms with Crippen molar-refractivity contribution in [3.8, 4) is 0 Å². The lowest BCUT2D eigenvalue weighted by Crippen LogP contribution is -2.51. The maximum atomic E-state index is 5.95. The Hall–Kier alpha value is 0.331. The zero-order chi connectivity index (χ0) is 24.3. The van der Waals surface area contributed by atoms with Gasteiger partial charge in [-0.2, -0.15) is 0 Å². The molecule has 0 spiro atoms. The van der Waals surface area contributed by atoms with E-state index in [0.29, 0.717) is 25.0 Å². The molecule has 8 nitrogen and oxygen atoms in total. The molecule has 194 valence electrons. The first-order valence-corrected chi connectivity index (χ1v) is 17.9. The summed E-state index contributed by atoms with van der Waals surface area (Å²) in [6.45, 7) is 9.96. The molecule has 1 unspecified atom stereocenters. The van der Waals surface area contributed by atoms with Gasteiger partial charge in [-0.25, -0.2) is 0 Å². The average molecular weight is 513 g/mol. The minimum absolute atomic E-state index is 0.429. The third-order valence-electron chi connectivity index (χ3n) is 5.61. The van der Waals surface area contributed by atoms with Gasteiger partial charge in [-0.1, -0.05) is 12.8 Å². The molecule has 0 radical (unpaired) electrons. The molecule has 11 heteroatoms. The second-order valence-corrected chi connectivity index (χ2v) is 17.0. The molecule has 1 N–H and O–H groups in total. The smallest absolute Gasteiger partial charge is 0.377 e. The van der Waals surface area contributed by atoms with Crippen molar-refractivity contribution in [2.24, 2.45) is 0 Å². The number of hydrogen-bond acceptors (Lipinski definition) is 8. The molecule has 1 atom stereocenters. The van der Waals surface area contributed by atoms with Crippen LogP contribution >= 0.6 is 0 Å². The van der Waals surface area contributed by atoms with E-state index in [1.54, 1.807) is 21.3 Å². The van der Waals surface area contributed by atoms with Crippen LogP contribution in [-0.4, -0.2) is 107 Å². The number of nitrogens with zero attached hydrogens (tertiary/aromatic N) is 1. The highest BCUT2D eigenvalue weighted by Gasteiger charge is 2.46. The summed E-state index contributed by atoms with van der Waals surface area (Å²) in [4.78, 5) is 2.24. The molecule has 0 fully saturated rings. The van der Waals surface area contributed by atoms with Crippen LogP contribution in [0.3, 0.4) is 0 Å². The first kappa shape index (κ1) is 32.3. The Labute approximate surface area is 202 Å². The van der Waals surface area contributed by atoms with Crippen molar-refractivity contribution >= 4 is 27.1 Å². The summed E-state index contributed by atoms with van der Waals surface area (Å²) in [5.74, 6) is 0. The van der Waals surface area contributed by atoms with Crippen molar-refractivity contribution in [2.75, 3.05) is 74.5 Å². The van der Waals surface area contributed by atoms with E-state index < -0.39 is 27.1 Å². The van der Waals surface area contributed by atoms with Gasteiger partial charge in [-0.3, -0.25) is 0 Å². The fraction of sp³-hybridized carbons (Fsp3) is 1.00. The highest BCUT2D eigenvalue weighted by atomic mass is 28.4. The van der Waals surface area contributed by atoms with E-state index >= 15 is 0 Å². The van der Waals surface area contributed by atoms with Gasteiger partial charge in [0.15, 0.2) is 0 Å². The molecule has 0 aliphatic heterocycles. The van der Waals surface area contributed by atoms with Gasteiger partial charge < -0.3 is 36.8 Å². The third kappa shape index (κ3) is 12.7.